The predicted octanol–water partition coefficient (Wildman–Crippen LogP) is 3.59. The first-order valence-electron chi connectivity index (χ1n) is 7.02. The molecule has 2 atom stereocenters. The van der Waals surface area contributed by atoms with Gasteiger partial charge < -0.3 is 9.64 Å². The highest BCUT2D eigenvalue weighted by molar-refractivity contribution is 7.99. The summed E-state index contributed by atoms with van der Waals surface area (Å²) in [6.07, 6.45) is 1.65. The molecule has 0 aromatic heterocycles. The number of anilines is 1. The van der Waals surface area contributed by atoms with Crippen molar-refractivity contribution in [3.63, 3.8) is 0 Å². The molecule has 0 aliphatic carbocycles. The third-order valence-electron chi connectivity index (χ3n) is 3.89. The average molecular weight is 312 g/mol. The lowest BCUT2D eigenvalue weighted by molar-refractivity contribution is -0.128. The Morgan fingerprint density at radius 1 is 1.50 bits per heavy atom. The first kappa shape index (κ1) is 14.2. The first-order valence-corrected chi connectivity index (χ1v) is 8.38. The van der Waals surface area contributed by atoms with Gasteiger partial charge in [-0.1, -0.05) is 18.5 Å². The van der Waals surface area contributed by atoms with Crippen LogP contribution < -0.4 is 4.90 Å². The van der Waals surface area contributed by atoms with Gasteiger partial charge in [-0.2, -0.15) is 0 Å². The van der Waals surface area contributed by atoms with Gasteiger partial charge in [0, 0.05) is 23.1 Å². The summed E-state index contributed by atoms with van der Waals surface area (Å²) in [6, 6.07) is 5.79. The van der Waals surface area contributed by atoms with Crippen molar-refractivity contribution in [2.24, 2.45) is 5.92 Å². The zero-order valence-electron chi connectivity index (χ0n) is 11.5. The second kappa shape index (κ2) is 5.96. The number of halogens is 1. The number of amides is 1. The third-order valence-corrected chi connectivity index (χ3v) is 5.28. The number of rotatable bonds is 1. The Balaban J connectivity index is 1.93. The standard InChI is InChI=1S/C15H18ClNO2S/c1-10-5-7-19-14(10)15(18)17-6-2-8-20-13-4-3-11(16)9-12(13)17/h3-4,9-10,14H,2,5-8H2,1H3/t10-,14-/m0/s1. The topological polar surface area (TPSA) is 29.5 Å². The highest BCUT2D eigenvalue weighted by Gasteiger charge is 2.35. The molecule has 1 saturated heterocycles. The predicted molar refractivity (Wildman–Crippen MR) is 82.7 cm³/mol. The van der Waals surface area contributed by atoms with Crippen LogP contribution in [-0.2, 0) is 9.53 Å². The summed E-state index contributed by atoms with van der Waals surface area (Å²) in [5.41, 5.74) is 0.938. The number of benzene rings is 1. The smallest absolute Gasteiger partial charge is 0.256 e. The van der Waals surface area contributed by atoms with Gasteiger partial charge in [0.15, 0.2) is 0 Å². The minimum atomic E-state index is -0.301. The quantitative estimate of drug-likeness (QED) is 0.793. The van der Waals surface area contributed by atoms with Crippen LogP contribution in [0.15, 0.2) is 23.1 Å². The van der Waals surface area contributed by atoms with Crippen molar-refractivity contribution in [3.05, 3.63) is 23.2 Å². The molecule has 2 aliphatic rings. The van der Waals surface area contributed by atoms with Gasteiger partial charge in [-0.05, 0) is 42.7 Å². The summed E-state index contributed by atoms with van der Waals surface area (Å²) in [5.74, 6) is 1.40. The van der Waals surface area contributed by atoms with Crippen molar-refractivity contribution in [1.29, 1.82) is 0 Å². The van der Waals surface area contributed by atoms with Gasteiger partial charge in [-0.15, -0.1) is 11.8 Å². The Bertz CT molecular complexity index is 523. The number of hydrogen-bond donors (Lipinski definition) is 0. The molecular formula is C15H18ClNO2S. The third kappa shape index (κ3) is 2.69. The maximum atomic E-state index is 12.8. The molecule has 2 heterocycles. The first-order chi connectivity index (χ1) is 9.66. The summed E-state index contributed by atoms with van der Waals surface area (Å²) in [4.78, 5) is 15.8. The van der Waals surface area contributed by atoms with Gasteiger partial charge in [0.2, 0.25) is 0 Å². The van der Waals surface area contributed by atoms with E-state index in [4.69, 9.17) is 16.3 Å². The van der Waals surface area contributed by atoms with Crippen LogP contribution in [0.5, 0.6) is 0 Å². The Labute approximate surface area is 128 Å². The second-order valence-corrected chi connectivity index (χ2v) is 6.93. The van der Waals surface area contributed by atoms with Gasteiger partial charge in [-0.3, -0.25) is 4.79 Å². The lowest BCUT2D eigenvalue weighted by atomic mass is 10.0. The monoisotopic (exact) mass is 311 g/mol. The summed E-state index contributed by atoms with van der Waals surface area (Å²) in [5, 5.41) is 0.671. The van der Waals surface area contributed by atoms with Crippen LogP contribution in [0.25, 0.3) is 0 Å². The Kier molecular flexibility index (Phi) is 4.24. The molecule has 3 nitrogen and oxygen atoms in total. The van der Waals surface area contributed by atoms with Crippen LogP contribution in [0.3, 0.4) is 0 Å². The zero-order chi connectivity index (χ0) is 14.1. The molecule has 0 spiro atoms. The molecule has 1 aromatic carbocycles. The van der Waals surface area contributed by atoms with Crippen molar-refractivity contribution in [2.75, 3.05) is 23.8 Å². The van der Waals surface area contributed by atoms with Crippen molar-refractivity contribution in [1.82, 2.24) is 0 Å². The van der Waals surface area contributed by atoms with E-state index in [0.29, 0.717) is 17.5 Å². The van der Waals surface area contributed by atoms with Crippen LogP contribution >= 0.6 is 23.4 Å². The number of carbonyl (C=O) groups excluding carboxylic acids is 1. The van der Waals surface area contributed by atoms with Crippen molar-refractivity contribution in [3.8, 4) is 0 Å². The number of fused-ring (bicyclic) bond motifs is 1. The molecule has 5 heteroatoms. The van der Waals surface area contributed by atoms with E-state index in [2.05, 4.69) is 6.92 Å². The minimum Gasteiger partial charge on any atom is -0.368 e. The number of thioether (sulfide) groups is 1. The fourth-order valence-corrected chi connectivity index (χ4v) is 3.88. The van der Waals surface area contributed by atoms with Crippen molar-refractivity contribution >= 4 is 35.0 Å². The fraction of sp³-hybridized carbons (Fsp3) is 0.533. The largest absolute Gasteiger partial charge is 0.368 e. The maximum Gasteiger partial charge on any atom is 0.256 e. The molecule has 2 aliphatic heterocycles. The van der Waals surface area contributed by atoms with Gasteiger partial charge in [0.05, 0.1) is 5.69 Å². The maximum absolute atomic E-state index is 12.8. The lowest BCUT2D eigenvalue weighted by Gasteiger charge is -2.26. The lowest BCUT2D eigenvalue weighted by Crippen LogP contribution is -2.41. The van der Waals surface area contributed by atoms with Crippen molar-refractivity contribution in [2.45, 2.75) is 30.8 Å². The second-order valence-electron chi connectivity index (χ2n) is 5.36. The van der Waals surface area contributed by atoms with Gasteiger partial charge >= 0.3 is 0 Å². The molecule has 0 unspecified atom stereocenters. The number of hydrogen-bond acceptors (Lipinski definition) is 3. The number of ether oxygens (including phenoxy) is 1. The van der Waals surface area contributed by atoms with Crippen LogP contribution in [-0.4, -0.2) is 30.9 Å². The van der Waals surface area contributed by atoms with Gasteiger partial charge in [0.25, 0.3) is 5.91 Å². The molecule has 1 amide bonds. The normalized spacial score (nSPS) is 26.2. The van der Waals surface area contributed by atoms with E-state index in [1.807, 2.05) is 23.1 Å². The number of nitrogens with zero attached hydrogens (tertiary/aromatic N) is 1. The van der Waals surface area contributed by atoms with E-state index in [1.165, 1.54) is 0 Å². The fourth-order valence-electron chi connectivity index (χ4n) is 2.74. The summed E-state index contributed by atoms with van der Waals surface area (Å²) in [7, 11) is 0. The molecule has 0 saturated carbocycles. The van der Waals surface area contributed by atoms with Crippen LogP contribution in [0, 0.1) is 5.92 Å². The van der Waals surface area contributed by atoms with E-state index in [0.717, 1.165) is 35.7 Å². The van der Waals surface area contributed by atoms with E-state index in [-0.39, 0.29) is 12.0 Å². The van der Waals surface area contributed by atoms with Gasteiger partial charge in [-0.25, -0.2) is 0 Å². The molecule has 0 N–H and O–H groups in total. The summed E-state index contributed by atoms with van der Waals surface area (Å²) >= 11 is 7.90. The molecule has 0 bridgehead atoms. The Hall–Kier alpha value is -0.710. The van der Waals surface area contributed by atoms with Crippen LogP contribution in [0.1, 0.15) is 19.8 Å². The number of carbonyl (C=O) groups is 1. The molecule has 1 fully saturated rings. The summed E-state index contributed by atoms with van der Waals surface area (Å²) in [6.45, 7) is 3.51. The molecule has 0 radical (unpaired) electrons. The Morgan fingerprint density at radius 3 is 3.10 bits per heavy atom. The average Bonchev–Trinajstić information content (AvgIpc) is 2.75. The highest BCUT2D eigenvalue weighted by Crippen LogP contribution is 2.37. The van der Waals surface area contributed by atoms with E-state index in [9.17, 15) is 4.79 Å². The minimum absolute atomic E-state index is 0.0843. The molecular weight excluding hydrogens is 294 g/mol. The van der Waals surface area contributed by atoms with E-state index >= 15 is 0 Å². The molecule has 20 heavy (non-hydrogen) atoms. The zero-order valence-corrected chi connectivity index (χ0v) is 13.0. The van der Waals surface area contributed by atoms with E-state index < -0.39 is 0 Å². The molecule has 3 rings (SSSR count). The van der Waals surface area contributed by atoms with E-state index in [1.54, 1.807) is 11.8 Å². The van der Waals surface area contributed by atoms with Crippen molar-refractivity contribution < 1.29 is 9.53 Å². The van der Waals surface area contributed by atoms with Gasteiger partial charge in [0.1, 0.15) is 6.10 Å². The van der Waals surface area contributed by atoms with Crippen LogP contribution in [0.4, 0.5) is 5.69 Å². The Morgan fingerprint density at radius 2 is 2.35 bits per heavy atom. The highest BCUT2D eigenvalue weighted by atomic mass is 35.5. The summed E-state index contributed by atoms with van der Waals surface area (Å²) < 4.78 is 5.64. The molecule has 1 aromatic rings. The molecule has 108 valence electrons. The van der Waals surface area contributed by atoms with Crippen LogP contribution in [0.2, 0.25) is 5.02 Å². The SMILES string of the molecule is C[C@H]1CCO[C@@H]1C(=O)N1CCCSc2ccc(Cl)cc21.